The lowest BCUT2D eigenvalue weighted by Crippen LogP contribution is -2.40. The summed E-state index contributed by atoms with van der Waals surface area (Å²) in [7, 11) is 0. The molecule has 0 aliphatic rings. The van der Waals surface area contributed by atoms with Crippen LogP contribution in [0.5, 0.6) is 0 Å². The number of amides is 2. The summed E-state index contributed by atoms with van der Waals surface area (Å²) in [4.78, 5) is 35.3. The molecule has 0 aromatic heterocycles. The molecule has 0 spiro atoms. The SMILES string of the molecule is CC.CC(=O)c1ccc(C(=O)NCC(=O)NCC(F)(F)F)c2ccccc12. The van der Waals surface area contributed by atoms with Crippen molar-refractivity contribution in [2.75, 3.05) is 13.1 Å². The first kappa shape index (κ1) is 22.1. The van der Waals surface area contributed by atoms with Crippen LogP contribution < -0.4 is 10.6 Å². The van der Waals surface area contributed by atoms with Gasteiger partial charge in [0.1, 0.15) is 6.54 Å². The minimum absolute atomic E-state index is 0.158. The first-order valence-electron chi connectivity index (χ1n) is 8.33. The summed E-state index contributed by atoms with van der Waals surface area (Å²) in [5, 5.41) is 5.04. The van der Waals surface area contributed by atoms with Crippen molar-refractivity contribution in [3.63, 3.8) is 0 Å². The highest BCUT2D eigenvalue weighted by atomic mass is 19.4. The molecule has 2 aromatic carbocycles. The molecule has 0 atom stereocenters. The highest BCUT2D eigenvalue weighted by molar-refractivity contribution is 6.14. The van der Waals surface area contributed by atoms with E-state index in [4.69, 9.17) is 0 Å². The molecule has 0 aliphatic carbocycles. The largest absolute Gasteiger partial charge is 0.405 e. The van der Waals surface area contributed by atoms with Crippen molar-refractivity contribution in [2.24, 2.45) is 0 Å². The van der Waals surface area contributed by atoms with Crippen LogP contribution >= 0.6 is 0 Å². The van der Waals surface area contributed by atoms with Crippen LogP contribution in [-0.2, 0) is 4.79 Å². The average Bonchev–Trinajstić information content (AvgIpc) is 2.64. The monoisotopic (exact) mass is 382 g/mol. The maximum atomic E-state index is 12.2. The van der Waals surface area contributed by atoms with Gasteiger partial charge in [0.2, 0.25) is 5.91 Å². The van der Waals surface area contributed by atoms with E-state index in [0.717, 1.165) is 0 Å². The zero-order chi connectivity index (χ0) is 20.6. The fourth-order valence-electron chi connectivity index (χ4n) is 2.32. The molecule has 146 valence electrons. The third-order valence-electron chi connectivity index (χ3n) is 3.44. The topological polar surface area (TPSA) is 75.3 Å². The maximum absolute atomic E-state index is 12.2. The fraction of sp³-hybridized carbons (Fsp3) is 0.316. The molecule has 2 aromatic rings. The van der Waals surface area contributed by atoms with Gasteiger partial charge in [0, 0.05) is 11.1 Å². The lowest BCUT2D eigenvalue weighted by atomic mass is 9.97. The Morgan fingerprint density at radius 2 is 1.41 bits per heavy atom. The van der Waals surface area contributed by atoms with Crippen LogP contribution in [0.4, 0.5) is 13.2 Å². The van der Waals surface area contributed by atoms with Crippen LogP contribution in [0.25, 0.3) is 10.8 Å². The molecule has 27 heavy (non-hydrogen) atoms. The molecule has 2 N–H and O–H groups in total. The summed E-state index contributed by atoms with van der Waals surface area (Å²) in [5.74, 6) is -1.72. The van der Waals surface area contributed by atoms with Crippen molar-refractivity contribution in [3.05, 3.63) is 47.5 Å². The lowest BCUT2D eigenvalue weighted by Gasteiger charge is -2.11. The number of halogens is 3. The fourth-order valence-corrected chi connectivity index (χ4v) is 2.32. The van der Waals surface area contributed by atoms with Gasteiger partial charge in [0.15, 0.2) is 5.78 Å². The number of hydrogen-bond acceptors (Lipinski definition) is 3. The van der Waals surface area contributed by atoms with Crippen molar-refractivity contribution < 1.29 is 27.6 Å². The van der Waals surface area contributed by atoms with Gasteiger partial charge in [-0.05, 0) is 29.8 Å². The third kappa shape index (κ3) is 6.40. The zero-order valence-corrected chi connectivity index (χ0v) is 15.2. The summed E-state index contributed by atoms with van der Waals surface area (Å²) in [6, 6.07) is 9.71. The number of fused-ring (bicyclic) bond motifs is 1. The van der Waals surface area contributed by atoms with E-state index in [0.29, 0.717) is 16.3 Å². The van der Waals surface area contributed by atoms with Gasteiger partial charge in [0.05, 0.1) is 6.54 Å². The Bertz CT molecular complexity index is 833. The van der Waals surface area contributed by atoms with E-state index in [1.165, 1.54) is 19.1 Å². The predicted octanol–water partition coefficient (Wildman–Crippen LogP) is 3.48. The van der Waals surface area contributed by atoms with Gasteiger partial charge in [-0.2, -0.15) is 13.2 Å². The maximum Gasteiger partial charge on any atom is 0.405 e. The van der Waals surface area contributed by atoms with Gasteiger partial charge in [-0.15, -0.1) is 0 Å². The zero-order valence-electron chi connectivity index (χ0n) is 15.2. The van der Waals surface area contributed by atoms with E-state index in [1.54, 1.807) is 29.6 Å². The van der Waals surface area contributed by atoms with Crippen molar-refractivity contribution in [3.8, 4) is 0 Å². The Labute approximate surface area is 154 Å². The van der Waals surface area contributed by atoms with Gasteiger partial charge in [-0.1, -0.05) is 38.1 Å². The molecule has 5 nitrogen and oxygen atoms in total. The van der Waals surface area contributed by atoms with Gasteiger partial charge in [-0.3, -0.25) is 14.4 Å². The van der Waals surface area contributed by atoms with Gasteiger partial charge in [0.25, 0.3) is 5.91 Å². The second-order valence-electron chi connectivity index (χ2n) is 5.34. The van der Waals surface area contributed by atoms with Gasteiger partial charge >= 0.3 is 6.18 Å². The number of benzene rings is 2. The molecule has 0 aliphatic heterocycles. The Morgan fingerprint density at radius 1 is 0.889 bits per heavy atom. The highest BCUT2D eigenvalue weighted by Gasteiger charge is 2.27. The molecule has 8 heteroatoms. The van der Waals surface area contributed by atoms with Crippen LogP contribution in [0.15, 0.2) is 36.4 Å². The Kier molecular flexibility index (Phi) is 7.96. The quantitative estimate of drug-likeness (QED) is 0.778. The number of hydrogen-bond donors (Lipinski definition) is 2. The van der Waals surface area contributed by atoms with Crippen LogP contribution in [0.1, 0.15) is 41.5 Å². The van der Waals surface area contributed by atoms with E-state index in [1.807, 2.05) is 13.8 Å². The molecule has 0 radical (unpaired) electrons. The Morgan fingerprint density at radius 3 is 1.93 bits per heavy atom. The Balaban J connectivity index is 0.00000176. The summed E-state index contributed by atoms with van der Waals surface area (Å²) in [6.07, 6.45) is -4.52. The molecule has 2 rings (SSSR count). The average molecular weight is 382 g/mol. The van der Waals surface area contributed by atoms with E-state index in [9.17, 15) is 27.6 Å². The first-order valence-corrected chi connectivity index (χ1v) is 8.33. The molecule has 0 unspecified atom stereocenters. The number of alkyl halides is 3. The molecule has 0 heterocycles. The second-order valence-corrected chi connectivity index (χ2v) is 5.34. The summed E-state index contributed by atoms with van der Waals surface area (Å²) in [6.45, 7) is 3.36. The molecular formula is C19H21F3N2O3. The molecule has 2 amide bonds. The number of rotatable bonds is 5. The Hall–Kier alpha value is -2.90. The van der Waals surface area contributed by atoms with E-state index in [2.05, 4.69) is 5.32 Å². The van der Waals surface area contributed by atoms with Gasteiger partial charge < -0.3 is 10.6 Å². The minimum atomic E-state index is -4.52. The summed E-state index contributed by atoms with van der Waals surface area (Å²) >= 11 is 0. The van der Waals surface area contributed by atoms with E-state index < -0.39 is 31.1 Å². The lowest BCUT2D eigenvalue weighted by molar-refractivity contribution is -0.137. The number of ketones is 1. The van der Waals surface area contributed by atoms with Crippen LogP contribution in [-0.4, -0.2) is 36.9 Å². The van der Waals surface area contributed by atoms with Crippen LogP contribution in [0, 0.1) is 0 Å². The smallest absolute Gasteiger partial charge is 0.345 e. The van der Waals surface area contributed by atoms with Crippen molar-refractivity contribution >= 4 is 28.4 Å². The summed E-state index contributed by atoms with van der Waals surface area (Å²) < 4.78 is 36.1. The molecule has 0 fully saturated rings. The van der Waals surface area contributed by atoms with E-state index >= 15 is 0 Å². The van der Waals surface area contributed by atoms with Crippen molar-refractivity contribution in [1.29, 1.82) is 0 Å². The van der Waals surface area contributed by atoms with Crippen molar-refractivity contribution in [2.45, 2.75) is 26.9 Å². The van der Waals surface area contributed by atoms with E-state index in [-0.39, 0.29) is 11.3 Å². The second kappa shape index (κ2) is 9.70. The number of carbonyl (C=O) groups is 3. The van der Waals surface area contributed by atoms with Crippen molar-refractivity contribution in [1.82, 2.24) is 10.6 Å². The van der Waals surface area contributed by atoms with Crippen LogP contribution in [0.2, 0.25) is 0 Å². The minimum Gasteiger partial charge on any atom is -0.345 e. The first-order chi connectivity index (χ1) is 12.7. The number of carbonyl (C=O) groups excluding carboxylic acids is 3. The number of nitrogens with one attached hydrogen (secondary N) is 2. The number of Topliss-reactive ketones (excluding diaryl/α,β-unsaturated/α-hetero) is 1. The summed E-state index contributed by atoms with van der Waals surface area (Å²) in [5.41, 5.74) is 0.680. The van der Waals surface area contributed by atoms with Crippen LogP contribution in [0.3, 0.4) is 0 Å². The van der Waals surface area contributed by atoms with Gasteiger partial charge in [-0.25, -0.2) is 0 Å². The standard InChI is InChI=1S/C17H15F3N2O3.C2H6/c1-10(23)11-6-7-14(13-5-3-2-4-12(11)13)16(25)21-8-15(24)22-9-17(18,19)20;1-2/h2-7H,8-9H2,1H3,(H,21,25)(H,22,24);1-2H3. The third-order valence-corrected chi connectivity index (χ3v) is 3.44. The normalized spacial score (nSPS) is 10.6. The predicted molar refractivity (Wildman–Crippen MR) is 96.7 cm³/mol. The molecule has 0 saturated carbocycles. The molecular weight excluding hydrogens is 361 g/mol. The molecule has 0 bridgehead atoms. The highest BCUT2D eigenvalue weighted by Crippen LogP contribution is 2.23. The molecule has 0 saturated heterocycles.